The minimum Gasteiger partial charge on any atom is -0.337 e. The third kappa shape index (κ3) is 4.51. The number of fused-ring (bicyclic) bond motifs is 1. The molecule has 1 amide bonds. The van der Waals surface area contributed by atoms with Gasteiger partial charge in [-0.25, -0.2) is 8.78 Å². The summed E-state index contributed by atoms with van der Waals surface area (Å²) in [6.07, 6.45) is 4.08. The van der Waals surface area contributed by atoms with Crippen LogP contribution in [0.25, 0.3) is 10.9 Å². The van der Waals surface area contributed by atoms with Crippen LogP contribution in [0.1, 0.15) is 21.5 Å². The molecule has 0 atom stereocenters. The molecule has 4 aromatic rings. The topological polar surface area (TPSA) is 81.1 Å². The molecule has 0 saturated carbocycles. The predicted molar refractivity (Wildman–Crippen MR) is 121 cm³/mol. The average molecular weight is 468 g/mol. The Bertz CT molecular complexity index is 1470. The van der Waals surface area contributed by atoms with Crippen molar-refractivity contribution < 1.29 is 18.4 Å². The monoisotopic (exact) mass is 467 g/mol. The minimum atomic E-state index is -0.633. The molecule has 2 aromatic carbocycles. The van der Waals surface area contributed by atoms with E-state index in [1.807, 2.05) is 0 Å². The number of nitrogens with zero attached hydrogens (tertiary/aromatic N) is 2. The fourth-order valence-corrected chi connectivity index (χ4v) is 3.58. The Morgan fingerprint density at radius 1 is 1.06 bits per heavy atom. The summed E-state index contributed by atoms with van der Waals surface area (Å²) in [5.41, 5.74) is 0.144. The quantitative estimate of drug-likeness (QED) is 0.438. The highest BCUT2D eigenvalue weighted by atomic mass is 35.5. The van der Waals surface area contributed by atoms with Crippen LogP contribution in [0.15, 0.2) is 65.8 Å². The Labute approximate surface area is 191 Å². The van der Waals surface area contributed by atoms with E-state index in [1.165, 1.54) is 60.4 Å². The van der Waals surface area contributed by atoms with E-state index >= 15 is 0 Å². The number of amides is 1. The number of nitrogens with one attached hydrogen (secondary N) is 1. The van der Waals surface area contributed by atoms with Gasteiger partial charge in [0.05, 0.1) is 16.1 Å². The molecule has 0 bridgehead atoms. The number of benzene rings is 2. The largest absolute Gasteiger partial charge is 0.337 e. The first-order valence-electron chi connectivity index (χ1n) is 9.77. The maximum atomic E-state index is 14.3. The highest BCUT2D eigenvalue weighted by molar-refractivity contribution is 6.31. The zero-order chi connectivity index (χ0) is 23.7. The number of rotatable bonds is 5. The van der Waals surface area contributed by atoms with Gasteiger partial charge < -0.3 is 9.88 Å². The normalized spacial score (nSPS) is 10.9. The maximum Gasteiger partial charge on any atom is 0.244 e. The van der Waals surface area contributed by atoms with E-state index < -0.39 is 28.8 Å². The van der Waals surface area contributed by atoms with Crippen molar-refractivity contribution in [2.24, 2.45) is 0 Å². The minimum absolute atomic E-state index is 0.103. The molecule has 0 spiro atoms. The second-order valence-corrected chi connectivity index (χ2v) is 7.77. The molecule has 0 aliphatic rings. The average Bonchev–Trinajstić information content (AvgIpc) is 2.79. The summed E-state index contributed by atoms with van der Waals surface area (Å²) < 4.78 is 29.0. The summed E-state index contributed by atoms with van der Waals surface area (Å²) >= 11 is 5.75. The molecular weight excluding hydrogens is 452 g/mol. The SMILES string of the molecule is Cc1cc2c(=O)c(C(=O)c3ccncc3)cn(CC(=O)Nc3ccc(F)c(Cl)c3)c2cc1F. The van der Waals surface area contributed by atoms with Crippen LogP contribution >= 0.6 is 11.6 Å². The first kappa shape index (κ1) is 22.3. The molecule has 0 unspecified atom stereocenters. The van der Waals surface area contributed by atoms with Gasteiger partial charge in [-0.15, -0.1) is 0 Å². The molecule has 0 radical (unpaired) electrons. The van der Waals surface area contributed by atoms with Crippen molar-refractivity contribution >= 4 is 39.9 Å². The predicted octanol–water partition coefficient (Wildman–Crippen LogP) is 4.51. The number of aryl methyl sites for hydroxylation is 1. The van der Waals surface area contributed by atoms with Gasteiger partial charge >= 0.3 is 0 Å². The van der Waals surface area contributed by atoms with Crippen LogP contribution in [0.4, 0.5) is 14.5 Å². The summed E-state index contributed by atoms with van der Waals surface area (Å²) in [5.74, 6) is -2.29. The van der Waals surface area contributed by atoms with Crippen LogP contribution in [-0.2, 0) is 11.3 Å². The fraction of sp³-hybridized carbons (Fsp3) is 0.0833. The van der Waals surface area contributed by atoms with E-state index in [0.29, 0.717) is 0 Å². The molecule has 4 rings (SSSR count). The molecule has 9 heteroatoms. The van der Waals surface area contributed by atoms with Gasteiger partial charge in [0.1, 0.15) is 18.2 Å². The molecule has 33 heavy (non-hydrogen) atoms. The van der Waals surface area contributed by atoms with Crippen LogP contribution in [0.2, 0.25) is 5.02 Å². The zero-order valence-corrected chi connectivity index (χ0v) is 18.0. The lowest BCUT2D eigenvalue weighted by Gasteiger charge is -2.14. The Kier molecular flexibility index (Phi) is 6.02. The van der Waals surface area contributed by atoms with E-state index in [9.17, 15) is 23.2 Å². The van der Waals surface area contributed by atoms with E-state index in [4.69, 9.17) is 11.6 Å². The number of hydrogen-bond donors (Lipinski definition) is 1. The van der Waals surface area contributed by atoms with Gasteiger partial charge in [-0.05, 0) is 55.0 Å². The van der Waals surface area contributed by atoms with Crippen molar-refractivity contribution in [1.82, 2.24) is 9.55 Å². The van der Waals surface area contributed by atoms with Crippen molar-refractivity contribution in [3.05, 3.63) is 105 Å². The van der Waals surface area contributed by atoms with Crippen LogP contribution in [-0.4, -0.2) is 21.2 Å². The number of ketones is 1. The van der Waals surface area contributed by atoms with E-state index in [1.54, 1.807) is 0 Å². The van der Waals surface area contributed by atoms with Crippen LogP contribution < -0.4 is 10.7 Å². The van der Waals surface area contributed by atoms with E-state index in [0.717, 1.165) is 12.1 Å². The second kappa shape index (κ2) is 8.91. The molecule has 0 aliphatic heterocycles. The number of carbonyl (C=O) groups excluding carboxylic acids is 2. The number of aromatic nitrogens is 2. The van der Waals surface area contributed by atoms with Crippen LogP contribution in [0.3, 0.4) is 0 Å². The molecule has 2 aromatic heterocycles. The Morgan fingerprint density at radius 2 is 1.79 bits per heavy atom. The summed E-state index contributed by atoms with van der Waals surface area (Å²) in [6, 6.07) is 9.13. The van der Waals surface area contributed by atoms with Gasteiger partial charge in [0.2, 0.25) is 11.3 Å². The van der Waals surface area contributed by atoms with E-state index in [-0.39, 0.29) is 44.8 Å². The molecule has 166 valence electrons. The Morgan fingerprint density at radius 3 is 2.48 bits per heavy atom. The van der Waals surface area contributed by atoms with Crippen molar-refractivity contribution in [3.63, 3.8) is 0 Å². The number of halogens is 3. The number of carbonyl (C=O) groups is 2. The zero-order valence-electron chi connectivity index (χ0n) is 17.2. The smallest absolute Gasteiger partial charge is 0.244 e. The number of anilines is 1. The highest BCUT2D eigenvalue weighted by Gasteiger charge is 2.19. The molecular formula is C24H16ClF2N3O3. The highest BCUT2D eigenvalue weighted by Crippen LogP contribution is 2.21. The molecule has 0 aliphatic carbocycles. The van der Waals surface area contributed by atoms with Crippen LogP contribution in [0, 0.1) is 18.6 Å². The molecule has 6 nitrogen and oxygen atoms in total. The van der Waals surface area contributed by atoms with Gasteiger partial charge in [0, 0.05) is 35.2 Å². The van der Waals surface area contributed by atoms with E-state index in [2.05, 4.69) is 10.3 Å². The van der Waals surface area contributed by atoms with Gasteiger partial charge in [-0.3, -0.25) is 19.4 Å². The van der Waals surface area contributed by atoms with Crippen molar-refractivity contribution in [2.45, 2.75) is 13.5 Å². The van der Waals surface area contributed by atoms with Crippen molar-refractivity contribution in [2.75, 3.05) is 5.32 Å². The van der Waals surface area contributed by atoms with Gasteiger partial charge in [-0.1, -0.05) is 11.6 Å². The first-order chi connectivity index (χ1) is 15.7. The summed E-state index contributed by atoms with van der Waals surface area (Å²) in [4.78, 5) is 42.6. The van der Waals surface area contributed by atoms with Crippen molar-refractivity contribution in [1.29, 1.82) is 0 Å². The first-order valence-corrected chi connectivity index (χ1v) is 10.2. The third-order valence-electron chi connectivity index (χ3n) is 5.07. The molecule has 0 fully saturated rings. The lowest BCUT2D eigenvalue weighted by molar-refractivity contribution is -0.116. The summed E-state index contributed by atoms with van der Waals surface area (Å²) in [6.45, 7) is 1.16. The maximum absolute atomic E-state index is 14.3. The molecule has 1 N–H and O–H groups in total. The Hall–Kier alpha value is -3.91. The second-order valence-electron chi connectivity index (χ2n) is 7.36. The van der Waals surface area contributed by atoms with Gasteiger partial charge in [0.15, 0.2) is 5.78 Å². The lowest BCUT2D eigenvalue weighted by Crippen LogP contribution is -2.24. The Balaban J connectivity index is 1.78. The van der Waals surface area contributed by atoms with Gasteiger partial charge in [0.25, 0.3) is 0 Å². The molecule has 2 heterocycles. The van der Waals surface area contributed by atoms with Crippen LogP contribution in [0.5, 0.6) is 0 Å². The summed E-state index contributed by atoms with van der Waals surface area (Å²) in [5, 5.41) is 2.51. The van der Waals surface area contributed by atoms with Gasteiger partial charge in [-0.2, -0.15) is 0 Å². The van der Waals surface area contributed by atoms with Crippen molar-refractivity contribution in [3.8, 4) is 0 Å². The third-order valence-corrected chi connectivity index (χ3v) is 5.35. The standard InChI is InChI=1S/C24H16ClF2N3O3/c1-13-8-16-21(10-20(13)27)30(12-22(31)29-15-2-3-19(26)18(25)9-15)11-17(24(16)33)23(32)14-4-6-28-7-5-14/h2-11H,12H2,1H3,(H,29,31). The molecule has 0 saturated heterocycles. The number of hydrogen-bond acceptors (Lipinski definition) is 4. The lowest BCUT2D eigenvalue weighted by atomic mass is 10.0. The fourth-order valence-electron chi connectivity index (χ4n) is 3.40. The number of pyridine rings is 2. The summed E-state index contributed by atoms with van der Waals surface area (Å²) in [7, 11) is 0.